The van der Waals surface area contributed by atoms with Gasteiger partial charge < -0.3 is 10.2 Å². The summed E-state index contributed by atoms with van der Waals surface area (Å²) in [6.07, 6.45) is 6.39. The molecule has 0 saturated heterocycles. The van der Waals surface area contributed by atoms with Gasteiger partial charge in [-0.15, -0.1) is 0 Å². The Hall–Kier alpha value is -2.03. The fourth-order valence-electron chi connectivity index (χ4n) is 2.62. The van der Waals surface area contributed by atoms with Crippen molar-refractivity contribution in [2.24, 2.45) is 5.92 Å². The number of aromatic nitrogens is 1. The summed E-state index contributed by atoms with van der Waals surface area (Å²) in [7, 11) is 4.13. The van der Waals surface area contributed by atoms with Crippen molar-refractivity contribution in [2.75, 3.05) is 24.3 Å². The molecule has 1 aliphatic rings. The van der Waals surface area contributed by atoms with E-state index in [-0.39, 0.29) is 0 Å². The van der Waals surface area contributed by atoms with E-state index in [1.165, 1.54) is 24.1 Å². The molecule has 1 N–H and O–H groups in total. The van der Waals surface area contributed by atoms with E-state index >= 15 is 0 Å². The van der Waals surface area contributed by atoms with Crippen LogP contribution in [-0.4, -0.2) is 19.1 Å². The number of benzene rings is 1. The van der Waals surface area contributed by atoms with E-state index in [9.17, 15) is 0 Å². The average molecular weight is 267 g/mol. The predicted octanol–water partition coefficient (Wildman–Crippen LogP) is 3.71. The molecule has 2 aromatic rings. The lowest BCUT2D eigenvalue weighted by atomic mass is 10.0. The first-order chi connectivity index (χ1) is 9.75. The van der Waals surface area contributed by atoms with Gasteiger partial charge in [0.2, 0.25) is 0 Å². The van der Waals surface area contributed by atoms with Gasteiger partial charge in [-0.05, 0) is 30.4 Å². The number of hydrogen-bond donors (Lipinski definition) is 1. The van der Waals surface area contributed by atoms with E-state index in [2.05, 4.69) is 65.7 Å². The molecule has 1 heterocycles. The Morgan fingerprint density at radius 2 is 1.90 bits per heavy atom. The molecule has 104 valence electrons. The summed E-state index contributed by atoms with van der Waals surface area (Å²) in [5.41, 5.74) is 3.66. The number of hydrogen-bond acceptors (Lipinski definition) is 3. The summed E-state index contributed by atoms with van der Waals surface area (Å²) in [5, 5.41) is 3.70. The third-order valence-electron chi connectivity index (χ3n) is 3.84. The van der Waals surface area contributed by atoms with E-state index < -0.39 is 0 Å². The van der Waals surface area contributed by atoms with Gasteiger partial charge in [0.1, 0.15) is 0 Å². The minimum absolute atomic E-state index is 0.388. The molecular weight excluding hydrogens is 246 g/mol. The number of anilines is 2. The van der Waals surface area contributed by atoms with Crippen molar-refractivity contribution in [3.63, 3.8) is 0 Å². The van der Waals surface area contributed by atoms with Crippen LogP contribution in [0.25, 0.3) is 0 Å². The lowest BCUT2D eigenvalue weighted by Gasteiger charge is -2.24. The number of nitrogens with one attached hydrogen (secondary N) is 1. The molecular formula is C17H21N3. The van der Waals surface area contributed by atoms with Gasteiger partial charge in [-0.3, -0.25) is 4.98 Å². The van der Waals surface area contributed by atoms with Gasteiger partial charge in [-0.2, -0.15) is 0 Å². The zero-order valence-corrected chi connectivity index (χ0v) is 12.1. The largest absolute Gasteiger partial charge is 0.376 e. The van der Waals surface area contributed by atoms with Crippen LogP contribution in [0, 0.1) is 5.92 Å². The van der Waals surface area contributed by atoms with Gasteiger partial charge in [0.25, 0.3) is 0 Å². The van der Waals surface area contributed by atoms with Crippen molar-refractivity contribution < 1.29 is 0 Å². The second-order valence-electron chi connectivity index (χ2n) is 5.66. The van der Waals surface area contributed by atoms with Crippen LogP contribution in [0.2, 0.25) is 0 Å². The lowest BCUT2D eigenvalue weighted by Crippen LogP contribution is -2.17. The van der Waals surface area contributed by atoms with E-state index in [0.717, 1.165) is 11.6 Å². The highest BCUT2D eigenvalue weighted by atomic mass is 15.1. The first-order valence-corrected chi connectivity index (χ1v) is 7.18. The quantitative estimate of drug-likeness (QED) is 0.895. The maximum absolute atomic E-state index is 4.27. The van der Waals surface area contributed by atoms with Crippen molar-refractivity contribution >= 4 is 11.4 Å². The molecule has 0 amide bonds. The van der Waals surface area contributed by atoms with Crippen molar-refractivity contribution in [1.29, 1.82) is 0 Å². The topological polar surface area (TPSA) is 28.2 Å². The first-order valence-electron chi connectivity index (χ1n) is 7.18. The van der Waals surface area contributed by atoms with E-state index in [4.69, 9.17) is 0 Å². The van der Waals surface area contributed by atoms with Crippen LogP contribution in [0.1, 0.15) is 24.4 Å². The Morgan fingerprint density at radius 1 is 1.15 bits per heavy atom. The standard InChI is InChI=1S/C17H21N3/c1-20(2)16-10-11-18-12-15(16)19-17(14-8-9-14)13-6-4-3-5-7-13/h3-7,10-12,14,17,19H,8-9H2,1-2H3. The lowest BCUT2D eigenvalue weighted by molar-refractivity contribution is 0.678. The number of nitrogens with zero attached hydrogens (tertiary/aromatic N) is 2. The van der Waals surface area contributed by atoms with Gasteiger partial charge >= 0.3 is 0 Å². The first kappa shape index (κ1) is 13.0. The van der Waals surface area contributed by atoms with Crippen LogP contribution in [0.15, 0.2) is 48.8 Å². The van der Waals surface area contributed by atoms with Crippen LogP contribution in [0.5, 0.6) is 0 Å². The Morgan fingerprint density at radius 3 is 2.55 bits per heavy atom. The maximum atomic E-state index is 4.27. The summed E-state index contributed by atoms with van der Waals surface area (Å²) in [5.74, 6) is 0.743. The zero-order chi connectivity index (χ0) is 13.9. The second kappa shape index (κ2) is 5.53. The van der Waals surface area contributed by atoms with Crippen molar-refractivity contribution in [1.82, 2.24) is 4.98 Å². The molecule has 1 fully saturated rings. The van der Waals surface area contributed by atoms with Crippen LogP contribution >= 0.6 is 0 Å². The van der Waals surface area contributed by atoms with Gasteiger partial charge in [-0.1, -0.05) is 30.3 Å². The monoisotopic (exact) mass is 267 g/mol. The van der Waals surface area contributed by atoms with E-state index in [1.807, 2.05) is 12.4 Å². The van der Waals surface area contributed by atoms with Crippen molar-refractivity contribution in [3.05, 3.63) is 54.4 Å². The SMILES string of the molecule is CN(C)c1ccncc1NC(c1ccccc1)C1CC1. The van der Waals surface area contributed by atoms with Gasteiger partial charge in [0.15, 0.2) is 0 Å². The molecule has 1 atom stereocenters. The molecule has 0 radical (unpaired) electrons. The molecule has 1 unspecified atom stereocenters. The third kappa shape index (κ3) is 2.77. The molecule has 0 spiro atoms. The smallest absolute Gasteiger partial charge is 0.0769 e. The molecule has 1 saturated carbocycles. The highest BCUT2D eigenvalue weighted by Gasteiger charge is 2.32. The van der Waals surface area contributed by atoms with Crippen molar-refractivity contribution in [2.45, 2.75) is 18.9 Å². The van der Waals surface area contributed by atoms with E-state index in [0.29, 0.717) is 6.04 Å². The van der Waals surface area contributed by atoms with Crippen LogP contribution < -0.4 is 10.2 Å². The molecule has 3 heteroatoms. The molecule has 0 bridgehead atoms. The fraction of sp³-hybridized carbons (Fsp3) is 0.353. The van der Waals surface area contributed by atoms with Crippen LogP contribution in [0.3, 0.4) is 0 Å². The highest BCUT2D eigenvalue weighted by molar-refractivity contribution is 5.68. The third-order valence-corrected chi connectivity index (χ3v) is 3.84. The molecule has 1 aromatic carbocycles. The predicted molar refractivity (Wildman–Crippen MR) is 84.1 cm³/mol. The summed E-state index contributed by atoms with van der Waals surface area (Å²) >= 11 is 0. The summed E-state index contributed by atoms with van der Waals surface area (Å²) in [6.45, 7) is 0. The van der Waals surface area contributed by atoms with Crippen LogP contribution in [-0.2, 0) is 0 Å². The number of pyridine rings is 1. The maximum Gasteiger partial charge on any atom is 0.0769 e. The fourth-order valence-corrected chi connectivity index (χ4v) is 2.62. The normalized spacial score (nSPS) is 15.7. The number of rotatable bonds is 5. The average Bonchev–Trinajstić information content (AvgIpc) is 3.30. The minimum Gasteiger partial charge on any atom is -0.376 e. The summed E-state index contributed by atoms with van der Waals surface area (Å²) in [4.78, 5) is 6.39. The highest BCUT2D eigenvalue weighted by Crippen LogP contribution is 2.43. The van der Waals surface area contributed by atoms with Gasteiger partial charge in [0, 0.05) is 20.3 Å². The molecule has 3 nitrogen and oxygen atoms in total. The molecule has 0 aliphatic heterocycles. The van der Waals surface area contributed by atoms with E-state index in [1.54, 1.807) is 0 Å². The molecule has 3 rings (SSSR count). The molecule has 20 heavy (non-hydrogen) atoms. The minimum atomic E-state index is 0.388. The van der Waals surface area contributed by atoms with Gasteiger partial charge in [-0.25, -0.2) is 0 Å². The van der Waals surface area contributed by atoms with Crippen molar-refractivity contribution in [3.8, 4) is 0 Å². The zero-order valence-electron chi connectivity index (χ0n) is 12.1. The Balaban J connectivity index is 1.88. The molecule has 1 aromatic heterocycles. The Labute approximate surface area is 120 Å². The Kier molecular flexibility index (Phi) is 3.59. The molecule has 1 aliphatic carbocycles. The van der Waals surface area contributed by atoms with Gasteiger partial charge in [0.05, 0.1) is 23.6 Å². The summed E-state index contributed by atoms with van der Waals surface area (Å²) in [6, 6.07) is 13.2. The second-order valence-corrected chi connectivity index (χ2v) is 5.66. The van der Waals surface area contributed by atoms with Crippen LogP contribution in [0.4, 0.5) is 11.4 Å². The summed E-state index contributed by atoms with van der Waals surface area (Å²) < 4.78 is 0. The Bertz CT molecular complexity index is 561.